The number of hydrogen-bond donors (Lipinski definition) is 0. The van der Waals surface area contributed by atoms with Crippen LogP contribution in [-0.2, 0) is 27.3 Å². The molecule has 6 heteroatoms. The first-order valence-corrected chi connectivity index (χ1v) is 5.31. The first-order chi connectivity index (χ1) is 8.06. The number of ether oxygens (including phenoxy) is 1. The fourth-order valence-electron chi connectivity index (χ4n) is 1.29. The predicted molar refractivity (Wildman–Crippen MR) is 59.0 cm³/mol. The molecule has 94 valence electrons. The zero-order chi connectivity index (χ0) is 12.8. The summed E-state index contributed by atoms with van der Waals surface area (Å²) >= 11 is 0. The molecule has 0 aliphatic carbocycles. The number of rotatable bonds is 5. The number of carbonyl (C=O) groups is 2. The summed E-state index contributed by atoms with van der Waals surface area (Å²) in [4.78, 5) is 27.8. The van der Waals surface area contributed by atoms with E-state index in [1.807, 2.05) is 0 Å². The second-order valence-corrected chi connectivity index (χ2v) is 3.58. The van der Waals surface area contributed by atoms with E-state index in [2.05, 4.69) is 9.72 Å². The smallest absolute Gasteiger partial charge is 0.314 e. The zero-order valence-electron chi connectivity index (χ0n) is 10.2. The van der Waals surface area contributed by atoms with Crippen molar-refractivity contribution >= 4 is 11.9 Å². The Bertz CT molecular complexity index is 400. The van der Waals surface area contributed by atoms with E-state index < -0.39 is 5.97 Å². The quantitative estimate of drug-likeness (QED) is 0.710. The van der Waals surface area contributed by atoms with Crippen molar-refractivity contribution in [2.45, 2.75) is 26.3 Å². The number of methoxy groups -OCH3 is 1. The van der Waals surface area contributed by atoms with Crippen molar-refractivity contribution in [3.63, 3.8) is 0 Å². The van der Waals surface area contributed by atoms with Gasteiger partial charge in [0.2, 0.25) is 11.8 Å². The minimum absolute atomic E-state index is 0.00192. The topological polar surface area (TPSA) is 72.6 Å². The van der Waals surface area contributed by atoms with Gasteiger partial charge in [-0.25, -0.2) is 4.98 Å². The molecule has 1 amide bonds. The number of carbonyl (C=O) groups excluding carboxylic acids is 2. The van der Waals surface area contributed by atoms with Crippen molar-refractivity contribution in [1.82, 2.24) is 9.88 Å². The molecular weight excluding hydrogens is 224 g/mol. The highest BCUT2D eigenvalue weighted by atomic mass is 16.5. The van der Waals surface area contributed by atoms with Crippen LogP contribution in [0.3, 0.4) is 0 Å². The molecule has 1 aromatic rings. The van der Waals surface area contributed by atoms with Gasteiger partial charge in [-0.2, -0.15) is 0 Å². The van der Waals surface area contributed by atoms with Crippen LogP contribution in [0.25, 0.3) is 0 Å². The molecule has 0 aromatic carbocycles. The number of esters is 1. The van der Waals surface area contributed by atoms with E-state index in [-0.39, 0.29) is 12.3 Å². The van der Waals surface area contributed by atoms with E-state index in [9.17, 15) is 9.59 Å². The van der Waals surface area contributed by atoms with Gasteiger partial charge in [0.05, 0.1) is 19.9 Å². The molecule has 6 nitrogen and oxygen atoms in total. The summed E-state index contributed by atoms with van der Waals surface area (Å²) in [6, 6.07) is 0. The monoisotopic (exact) mass is 240 g/mol. The average molecular weight is 240 g/mol. The van der Waals surface area contributed by atoms with Crippen LogP contribution in [0.2, 0.25) is 0 Å². The molecule has 0 aliphatic heterocycles. The summed E-state index contributed by atoms with van der Waals surface area (Å²) in [5.74, 6) is 0.463. The molecule has 0 saturated carbocycles. The summed E-state index contributed by atoms with van der Waals surface area (Å²) in [6.45, 7) is 2.14. The third kappa shape index (κ3) is 3.90. The third-order valence-corrected chi connectivity index (χ3v) is 2.25. The highest BCUT2D eigenvalue weighted by Gasteiger charge is 2.12. The van der Waals surface area contributed by atoms with E-state index in [4.69, 9.17) is 4.42 Å². The maximum Gasteiger partial charge on any atom is 0.314 e. The molecule has 0 bridgehead atoms. The van der Waals surface area contributed by atoms with Gasteiger partial charge in [-0.05, 0) is 0 Å². The standard InChI is InChI=1S/C11H16N2O4/c1-4-10(14)13(2)7-8-6-12-9(17-8)5-11(15)16-3/h6H,4-5,7H2,1-3H3. The maximum atomic E-state index is 11.3. The Kier molecular flexibility index (Phi) is 4.68. The highest BCUT2D eigenvalue weighted by molar-refractivity contribution is 5.75. The van der Waals surface area contributed by atoms with Crippen LogP contribution in [0.5, 0.6) is 0 Å². The number of aromatic nitrogens is 1. The van der Waals surface area contributed by atoms with Gasteiger partial charge in [-0.1, -0.05) is 6.92 Å². The van der Waals surface area contributed by atoms with Crippen molar-refractivity contribution in [2.75, 3.05) is 14.2 Å². The van der Waals surface area contributed by atoms with Crippen LogP contribution >= 0.6 is 0 Å². The van der Waals surface area contributed by atoms with E-state index in [0.717, 1.165) is 0 Å². The molecule has 1 rings (SSSR count). The summed E-state index contributed by atoms with van der Waals surface area (Å²) in [5, 5.41) is 0. The Morgan fingerprint density at radius 2 is 2.24 bits per heavy atom. The number of nitrogens with zero attached hydrogens (tertiary/aromatic N) is 2. The molecule has 0 fully saturated rings. The van der Waals surface area contributed by atoms with Crippen molar-refractivity contribution in [1.29, 1.82) is 0 Å². The van der Waals surface area contributed by atoms with Gasteiger partial charge in [0, 0.05) is 13.5 Å². The number of hydrogen-bond acceptors (Lipinski definition) is 5. The molecule has 1 aromatic heterocycles. The lowest BCUT2D eigenvalue weighted by Crippen LogP contribution is -2.24. The molecule has 0 atom stereocenters. The van der Waals surface area contributed by atoms with Crippen LogP contribution in [0.4, 0.5) is 0 Å². The molecule has 17 heavy (non-hydrogen) atoms. The number of amides is 1. The second-order valence-electron chi connectivity index (χ2n) is 3.58. The summed E-state index contributed by atoms with van der Waals surface area (Å²) in [7, 11) is 2.99. The molecule has 0 N–H and O–H groups in total. The minimum atomic E-state index is -0.406. The van der Waals surface area contributed by atoms with E-state index in [1.54, 1.807) is 18.9 Å². The largest absolute Gasteiger partial charge is 0.469 e. The molecule has 0 aliphatic rings. The van der Waals surface area contributed by atoms with Crippen LogP contribution in [-0.4, -0.2) is 35.9 Å². The Morgan fingerprint density at radius 1 is 1.53 bits per heavy atom. The fourth-order valence-corrected chi connectivity index (χ4v) is 1.29. The van der Waals surface area contributed by atoms with E-state index in [0.29, 0.717) is 24.6 Å². The lowest BCUT2D eigenvalue weighted by atomic mass is 10.4. The second kappa shape index (κ2) is 6.03. The summed E-state index contributed by atoms with van der Waals surface area (Å²) < 4.78 is 9.81. The van der Waals surface area contributed by atoms with Crippen LogP contribution in [0.1, 0.15) is 25.0 Å². The van der Waals surface area contributed by atoms with Gasteiger partial charge in [0.1, 0.15) is 12.2 Å². The fraction of sp³-hybridized carbons (Fsp3) is 0.545. The lowest BCUT2D eigenvalue weighted by Gasteiger charge is -2.13. The summed E-state index contributed by atoms with van der Waals surface area (Å²) in [5.41, 5.74) is 0. The molecule has 0 spiro atoms. The van der Waals surface area contributed by atoms with Crippen LogP contribution in [0, 0.1) is 0 Å². The highest BCUT2D eigenvalue weighted by Crippen LogP contribution is 2.08. The molecule has 0 saturated heterocycles. The Morgan fingerprint density at radius 3 is 2.82 bits per heavy atom. The SMILES string of the molecule is CCC(=O)N(C)Cc1cnc(CC(=O)OC)o1. The molecular formula is C11H16N2O4. The molecule has 0 unspecified atom stereocenters. The Labute approximate surface area is 99.6 Å². The maximum absolute atomic E-state index is 11.3. The van der Waals surface area contributed by atoms with Gasteiger partial charge < -0.3 is 14.1 Å². The van der Waals surface area contributed by atoms with Gasteiger partial charge in [-0.15, -0.1) is 0 Å². The van der Waals surface area contributed by atoms with Crippen LogP contribution in [0.15, 0.2) is 10.6 Å². The van der Waals surface area contributed by atoms with Gasteiger partial charge >= 0.3 is 5.97 Å². The third-order valence-electron chi connectivity index (χ3n) is 2.25. The van der Waals surface area contributed by atoms with Crippen molar-refractivity contribution in [2.24, 2.45) is 0 Å². The Balaban J connectivity index is 2.56. The predicted octanol–water partition coefficient (Wildman–Crippen LogP) is 0.758. The summed E-state index contributed by atoms with van der Waals surface area (Å²) in [6.07, 6.45) is 1.96. The van der Waals surface area contributed by atoms with E-state index in [1.165, 1.54) is 13.3 Å². The van der Waals surface area contributed by atoms with Crippen LogP contribution < -0.4 is 0 Å². The van der Waals surface area contributed by atoms with Gasteiger partial charge in [0.15, 0.2) is 0 Å². The first kappa shape index (κ1) is 13.2. The molecule has 0 radical (unpaired) electrons. The van der Waals surface area contributed by atoms with Gasteiger partial charge in [0.25, 0.3) is 0 Å². The first-order valence-electron chi connectivity index (χ1n) is 5.31. The van der Waals surface area contributed by atoms with E-state index >= 15 is 0 Å². The van der Waals surface area contributed by atoms with Crippen molar-refractivity contribution in [3.8, 4) is 0 Å². The lowest BCUT2D eigenvalue weighted by molar-refractivity contribution is -0.140. The molecule has 1 heterocycles. The normalized spacial score (nSPS) is 10.1. The minimum Gasteiger partial charge on any atom is -0.469 e. The zero-order valence-corrected chi connectivity index (χ0v) is 10.2. The number of oxazole rings is 1. The van der Waals surface area contributed by atoms with Gasteiger partial charge in [-0.3, -0.25) is 9.59 Å². The average Bonchev–Trinajstić information content (AvgIpc) is 2.75. The Hall–Kier alpha value is -1.85. The van der Waals surface area contributed by atoms with Crippen molar-refractivity contribution < 1.29 is 18.7 Å². The van der Waals surface area contributed by atoms with Crippen molar-refractivity contribution in [3.05, 3.63) is 17.8 Å².